The summed E-state index contributed by atoms with van der Waals surface area (Å²) in [7, 11) is 4.87. The summed E-state index contributed by atoms with van der Waals surface area (Å²) in [6.45, 7) is 2.60. The molecule has 7 heteroatoms. The number of methoxy groups -OCH3 is 3. The van der Waals surface area contributed by atoms with E-state index in [1.54, 1.807) is 21.3 Å². The van der Waals surface area contributed by atoms with Gasteiger partial charge in [0.25, 0.3) is 0 Å². The molecule has 0 aliphatic carbocycles. The Morgan fingerprint density at radius 3 is 2.31 bits per heavy atom. The second kappa shape index (κ2) is 10.7. The van der Waals surface area contributed by atoms with Crippen molar-refractivity contribution in [2.45, 2.75) is 13.3 Å². The Bertz CT molecular complexity index is 751. The molecule has 2 rings (SSSR count). The second-order valence-electron chi connectivity index (χ2n) is 5.52. The van der Waals surface area contributed by atoms with Crippen LogP contribution in [0.5, 0.6) is 17.2 Å². The van der Waals surface area contributed by atoms with Gasteiger partial charge in [0.05, 0.1) is 21.3 Å². The largest absolute Gasteiger partial charge is 0.496 e. The van der Waals surface area contributed by atoms with Crippen molar-refractivity contribution in [1.82, 2.24) is 0 Å². The molecule has 2 aromatic carbocycles. The van der Waals surface area contributed by atoms with Crippen molar-refractivity contribution in [2.24, 2.45) is 10.7 Å². The lowest BCUT2D eigenvalue weighted by Crippen LogP contribution is -2.23. The van der Waals surface area contributed by atoms with Crippen LogP contribution in [0.3, 0.4) is 0 Å². The first-order valence-corrected chi connectivity index (χ1v) is 8.00. The van der Waals surface area contributed by atoms with Crippen molar-refractivity contribution in [1.29, 1.82) is 0 Å². The number of guanidine groups is 1. The number of rotatable bonds is 7. The molecule has 0 radical (unpaired) electrons. The van der Waals surface area contributed by atoms with Gasteiger partial charge in [-0.2, -0.15) is 0 Å². The van der Waals surface area contributed by atoms with Gasteiger partial charge >= 0.3 is 0 Å². The minimum atomic E-state index is 0. The van der Waals surface area contributed by atoms with Crippen molar-refractivity contribution in [3.63, 3.8) is 0 Å². The number of nitrogens with one attached hydrogen (secondary N) is 1. The lowest BCUT2D eigenvalue weighted by atomic mass is 10.1. The van der Waals surface area contributed by atoms with Crippen molar-refractivity contribution >= 4 is 35.6 Å². The molecule has 26 heavy (non-hydrogen) atoms. The van der Waals surface area contributed by atoms with Crippen LogP contribution in [-0.2, 0) is 6.42 Å². The number of anilines is 1. The SMILES string of the molecule is COc1cc(CCN=C(N)Nc2ccc(OC)c(OC)c2)ccc1C.I. The number of hydrogen-bond donors (Lipinski definition) is 2. The molecule has 0 atom stereocenters. The molecule has 0 saturated carbocycles. The first-order valence-electron chi connectivity index (χ1n) is 8.00. The zero-order valence-corrected chi connectivity index (χ0v) is 17.9. The van der Waals surface area contributed by atoms with Crippen LogP contribution in [0.1, 0.15) is 11.1 Å². The van der Waals surface area contributed by atoms with Crippen LogP contribution < -0.4 is 25.3 Å². The second-order valence-corrected chi connectivity index (χ2v) is 5.52. The zero-order chi connectivity index (χ0) is 18.2. The summed E-state index contributed by atoms with van der Waals surface area (Å²) in [5.74, 6) is 2.54. The van der Waals surface area contributed by atoms with Gasteiger partial charge in [-0.25, -0.2) is 0 Å². The number of aryl methyl sites for hydroxylation is 1. The molecule has 0 aliphatic rings. The summed E-state index contributed by atoms with van der Waals surface area (Å²) in [6, 6.07) is 11.6. The molecule has 0 unspecified atom stereocenters. The fourth-order valence-electron chi connectivity index (χ4n) is 2.43. The van der Waals surface area contributed by atoms with Gasteiger partial charge in [0.2, 0.25) is 0 Å². The van der Waals surface area contributed by atoms with Crippen LogP contribution in [0.15, 0.2) is 41.4 Å². The number of benzene rings is 2. The fourth-order valence-corrected chi connectivity index (χ4v) is 2.43. The summed E-state index contributed by atoms with van der Waals surface area (Å²) in [4.78, 5) is 4.36. The number of hydrogen-bond acceptors (Lipinski definition) is 4. The first-order chi connectivity index (χ1) is 12.1. The van der Waals surface area contributed by atoms with Gasteiger partial charge in [0, 0.05) is 18.3 Å². The highest BCUT2D eigenvalue weighted by Crippen LogP contribution is 2.29. The van der Waals surface area contributed by atoms with E-state index < -0.39 is 0 Å². The summed E-state index contributed by atoms with van der Waals surface area (Å²) in [6.07, 6.45) is 0.783. The fraction of sp³-hybridized carbons (Fsp3) is 0.316. The van der Waals surface area contributed by atoms with Crippen molar-refractivity contribution < 1.29 is 14.2 Å². The van der Waals surface area contributed by atoms with Crippen LogP contribution in [0.25, 0.3) is 0 Å². The summed E-state index contributed by atoms with van der Waals surface area (Å²) < 4.78 is 15.8. The summed E-state index contributed by atoms with van der Waals surface area (Å²) in [5, 5.41) is 3.05. The minimum absolute atomic E-state index is 0. The molecular formula is C19H26IN3O3. The maximum Gasteiger partial charge on any atom is 0.193 e. The van der Waals surface area contributed by atoms with Crippen molar-refractivity contribution in [3.8, 4) is 17.2 Å². The standard InChI is InChI=1S/C19H25N3O3.HI/c1-13-5-6-14(11-17(13)24-3)9-10-21-19(20)22-15-7-8-16(23-2)18(12-15)25-4;/h5-8,11-12H,9-10H2,1-4H3,(H3,20,21,22);1H. The van der Waals surface area contributed by atoms with E-state index in [0.717, 1.165) is 29.0 Å². The third-order valence-corrected chi connectivity index (χ3v) is 3.81. The van der Waals surface area contributed by atoms with Gasteiger partial charge in [0.1, 0.15) is 5.75 Å². The van der Waals surface area contributed by atoms with E-state index >= 15 is 0 Å². The molecule has 0 heterocycles. The molecule has 3 N–H and O–H groups in total. The van der Waals surface area contributed by atoms with Crippen LogP contribution >= 0.6 is 24.0 Å². The minimum Gasteiger partial charge on any atom is -0.496 e. The molecule has 2 aromatic rings. The molecule has 142 valence electrons. The van der Waals surface area contributed by atoms with Crippen molar-refractivity contribution in [3.05, 3.63) is 47.5 Å². The molecule has 0 bridgehead atoms. The van der Waals surface area contributed by atoms with Crippen LogP contribution in [0.4, 0.5) is 5.69 Å². The van der Waals surface area contributed by atoms with Gasteiger partial charge < -0.3 is 25.3 Å². The van der Waals surface area contributed by atoms with E-state index in [2.05, 4.69) is 16.4 Å². The number of ether oxygens (including phenoxy) is 3. The molecule has 0 aromatic heterocycles. The van der Waals surface area contributed by atoms with Crippen LogP contribution in [-0.4, -0.2) is 33.8 Å². The van der Waals surface area contributed by atoms with E-state index in [0.29, 0.717) is 24.0 Å². The average molecular weight is 471 g/mol. The number of nitrogens with two attached hydrogens (primary N) is 1. The molecular weight excluding hydrogens is 445 g/mol. The van der Waals surface area contributed by atoms with Crippen LogP contribution in [0.2, 0.25) is 0 Å². The molecule has 0 spiro atoms. The van der Waals surface area contributed by atoms with Crippen molar-refractivity contribution in [2.75, 3.05) is 33.2 Å². The molecule has 0 fully saturated rings. The number of halogens is 1. The topological polar surface area (TPSA) is 78.1 Å². The highest BCUT2D eigenvalue weighted by molar-refractivity contribution is 14.0. The van der Waals surface area contributed by atoms with Gasteiger partial charge in [0.15, 0.2) is 17.5 Å². The maximum atomic E-state index is 5.95. The monoisotopic (exact) mass is 471 g/mol. The van der Waals surface area contributed by atoms with Crippen LogP contribution in [0, 0.1) is 6.92 Å². The zero-order valence-electron chi connectivity index (χ0n) is 15.5. The van der Waals surface area contributed by atoms with Gasteiger partial charge in [-0.1, -0.05) is 12.1 Å². The Labute approximate surface area is 171 Å². The average Bonchev–Trinajstić information content (AvgIpc) is 2.62. The summed E-state index contributed by atoms with van der Waals surface area (Å²) in [5.41, 5.74) is 9.01. The van der Waals surface area contributed by atoms with Gasteiger partial charge in [-0.15, -0.1) is 24.0 Å². The van der Waals surface area contributed by atoms with E-state index in [-0.39, 0.29) is 24.0 Å². The van der Waals surface area contributed by atoms with E-state index in [9.17, 15) is 0 Å². The highest BCUT2D eigenvalue weighted by atomic mass is 127. The van der Waals surface area contributed by atoms with E-state index in [4.69, 9.17) is 19.9 Å². The van der Waals surface area contributed by atoms with E-state index in [1.807, 2.05) is 37.3 Å². The third-order valence-electron chi connectivity index (χ3n) is 3.81. The Kier molecular flexibility index (Phi) is 9.04. The van der Waals surface area contributed by atoms with Gasteiger partial charge in [-0.3, -0.25) is 4.99 Å². The van der Waals surface area contributed by atoms with E-state index in [1.165, 1.54) is 0 Å². The molecule has 0 aliphatic heterocycles. The lowest BCUT2D eigenvalue weighted by Gasteiger charge is -2.11. The third kappa shape index (κ3) is 5.98. The first kappa shape index (κ1) is 21.9. The molecule has 6 nitrogen and oxygen atoms in total. The normalized spacial score (nSPS) is 10.7. The Morgan fingerprint density at radius 2 is 1.65 bits per heavy atom. The smallest absolute Gasteiger partial charge is 0.193 e. The Hall–Kier alpha value is -2.16. The predicted octanol–water partition coefficient (Wildman–Crippen LogP) is 3.61. The predicted molar refractivity (Wildman–Crippen MR) is 117 cm³/mol. The number of aliphatic imine (C=N–C) groups is 1. The lowest BCUT2D eigenvalue weighted by molar-refractivity contribution is 0.355. The maximum absolute atomic E-state index is 5.95. The Balaban J connectivity index is 0.00000338. The summed E-state index contributed by atoms with van der Waals surface area (Å²) >= 11 is 0. The Morgan fingerprint density at radius 1 is 0.962 bits per heavy atom. The molecule has 0 amide bonds. The number of nitrogens with zero attached hydrogens (tertiary/aromatic N) is 1. The highest BCUT2D eigenvalue weighted by Gasteiger charge is 2.05. The van der Waals surface area contributed by atoms with Gasteiger partial charge in [-0.05, 0) is 42.7 Å². The molecule has 0 saturated heterocycles. The quantitative estimate of drug-likeness (QED) is 0.367.